The van der Waals surface area contributed by atoms with E-state index in [0.29, 0.717) is 18.8 Å². The maximum atomic E-state index is 13.1. The molecule has 140 valence electrons. The minimum atomic E-state index is -3.12. The first-order valence-electron chi connectivity index (χ1n) is 9.09. The fraction of sp³-hybridized carbons (Fsp3) is 0.556. The van der Waals surface area contributed by atoms with E-state index in [1.165, 1.54) is 0 Å². The van der Waals surface area contributed by atoms with Crippen LogP contribution in [0.1, 0.15) is 29.4 Å². The summed E-state index contributed by atoms with van der Waals surface area (Å²) in [5, 5.41) is 0. The van der Waals surface area contributed by atoms with Gasteiger partial charge in [-0.3, -0.25) is 9.69 Å². The zero-order valence-electron chi connectivity index (χ0n) is 15.1. The van der Waals surface area contributed by atoms with Gasteiger partial charge in [-0.25, -0.2) is 13.4 Å². The molecule has 0 spiro atoms. The van der Waals surface area contributed by atoms with Gasteiger partial charge in [-0.15, -0.1) is 0 Å². The van der Waals surface area contributed by atoms with Crippen molar-refractivity contribution in [3.8, 4) is 0 Å². The van der Waals surface area contributed by atoms with Gasteiger partial charge in [-0.2, -0.15) is 0 Å². The van der Waals surface area contributed by atoms with Crippen LogP contribution in [0.4, 0.5) is 0 Å². The first-order valence-corrected chi connectivity index (χ1v) is 10.9. The van der Waals surface area contributed by atoms with Crippen molar-refractivity contribution >= 4 is 21.4 Å². The van der Waals surface area contributed by atoms with Crippen molar-refractivity contribution in [2.75, 3.05) is 31.1 Å². The van der Waals surface area contributed by atoms with Crippen molar-refractivity contribution in [3.63, 3.8) is 0 Å². The van der Waals surface area contributed by atoms with Crippen molar-refractivity contribution in [2.24, 2.45) is 0 Å². The van der Waals surface area contributed by atoms with Gasteiger partial charge in [0.15, 0.2) is 9.84 Å². The summed E-state index contributed by atoms with van der Waals surface area (Å²) in [6.07, 6.45) is 4.58. The highest BCUT2D eigenvalue weighted by atomic mass is 32.2. The van der Waals surface area contributed by atoms with Gasteiger partial charge in [0.05, 0.1) is 17.5 Å². The normalized spacial score (nSPS) is 25.5. The third-order valence-corrected chi connectivity index (χ3v) is 7.16. The largest absolute Gasteiger partial charge is 0.330 e. The Morgan fingerprint density at radius 1 is 1.27 bits per heavy atom. The van der Waals surface area contributed by atoms with E-state index < -0.39 is 9.84 Å². The van der Waals surface area contributed by atoms with E-state index >= 15 is 0 Å². The minimum absolute atomic E-state index is 0.0516. The quantitative estimate of drug-likeness (QED) is 0.798. The van der Waals surface area contributed by atoms with Gasteiger partial charge in [0.25, 0.3) is 5.91 Å². The third kappa shape index (κ3) is 2.91. The van der Waals surface area contributed by atoms with Crippen molar-refractivity contribution in [1.29, 1.82) is 0 Å². The highest BCUT2D eigenvalue weighted by Gasteiger charge is 2.48. The van der Waals surface area contributed by atoms with E-state index in [9.17, 15) is 13.2 Å². The fourth-order valence-corrected chi connectivity index (χ4v) is 6.26. The third-order valence-electron chi connectivity index (χ3n) is 5.46. The highest BCUT2D eigenvalue weighted by molar-refractivity contribution is 7.91. The molecule has 0 N–H and O–H groups in total. The molecule has 2 saturated heterocycles. The number of hydrogen-bond donors (Lipinski definition) is 0. The van der Waals surface area contributed by atoms with Gasteiger partial charge in [-0.1, -0.05) is 13.0 Å². The van der Waals surface area contributed by atoms with E-state index in [2.05, 4.69) is 16.8 Å². The smallest absolute Gasteiger partial charge is 0.274 e. The first-order chi connectivity index (χ1) is 12.4. The Bertz CT molecular complexity index is 952. The molecule has 2 aromatic heterocycles. The Morgan fingerprint density at radius 3 is 2.77 bits per heavy atom. The number of sulfone groups is 1. The van der Waals surface area contributed by atoms with Crippen molar-refractivity contribution in [2.45, 2.75) is 32.4 Å². The van der Waals surface area contributed by atoms with Gasteiger partial charge in [0.1, 0.15) is 11.3 Å². The van der Waals surface area contributed by atoms with Crippen molar-refractivity contribution in [1.82, 2.24) is 19.2 Å². The molecule has 2 fully saturated rings. The standard InChI is InChI=1S/C18H24N4O3S/c1-3-6-20-8-9-22(16-12-26(24,25)11-15(16)20)18(23)14-10-21-7-4-5-13(2)17(21)19-14/h4-5,7,10,15-16H,3,6,8-9,11-12H2,1-2H3/t15-,16+/m1/s1. The molecule has 4 heterocycles. The highest BCUT2D eigenvalue weighted by Crippen LogP contribution is 2.28. The summed E-state index contributed by atoms with van der Waals surface area (Å²) < 4.78 is 26.4. The second-order valence-corrected chi connectivity index (χ2v) is 9.45. The van der Waals surface area contributed by atoms with Gasteiger partial charge in [0, 0.05) is 31.5 Å². The van der Waals surface area contributed by atoms with Crippen molar-refractivity contribution in [3.05, 3.63) is 35.8 Å². The molecule has 2 aromatic rings. The first kappa shape index (κ1) is 17.5. The van der Waals surface area contributed by atoms with Gasteiger partial charge < -0.3 is 9.30 Å². The van der Waals surface area contributed by atoms with E-state index in [-0.39, 0.29) is 29.5 Å². The molecule has 0 bridgehead atoms. The van der Waals surface area contributed by atoms with Crippen LogP contribution in [0.15, 0.2) is 24.5 Å². The predicted octanol–water partition coefficient (Wildman–Crippen LogP) is 0.976. The lowest BCUT2D eigenvalue weighted by Crippen LogP contribution is -2.60. The fourth-order valence-electron chi connectivity index (χ4n) is 4.25. The summed E-state index contributed by atoms with van der Waals surface area (Å²) >= 11 is 0. The Morgan fingerprint density at radius 2 is 2.04 bits per heavy atom. The topological polar surface area (TPSA) is 75.0 Å². The van der Waals surface area contributed by atoms with Crippen LogP contribution in [0.2, 0.25) is 0 Å². The summed E-state index contributed by atoms with van der Waals surface area (Å²) in [4.78, 5) is 21.6. The zero-order valence-corrected chi connectivity index (χ0v) is 15.9. The van der Waals surface area contributed by atoms with E-state index in [4.69, 9.17) is 0 Å². The molecule has 4 rings (SSSR count). The maximum Gasteiger partial charge on any atom is 0.274 e. The summed E-state index contributed by atoms with van der Waals surface area (Å²) in [5.74, 6) is 0.0261. The Hall–Kier alpha value is -1.93. The van der Waals surface area contributed by atoms with Gasteiger partial charge in [-0.05, 0) is 31.5 Å². The molecular formula is C18H24N4O3S. The average Bonchev–Trinajstić information content (AvgIpc) is 3.16. The molecule has 2 aliphatic rings. The number of aromatic nitrogens is 2. The number of piperazine rings is 1. The molecule has 7 nitrogen and oxygen atoms in total. The number of amides is 1. The van der Waals surface area contributed by atoms with Gasteiger partial charge in [0.2, 0.25) is 0 Å². The second kappa shape index (κ2) is 6.35. The van der Waals surface area contributed by atoms with Gasteiger partial charge >= 0.3 is 0 Å². The lowest BCUT2D eigenvalue weighted by atomic mass is 10.0. The SMILES string of the molecule is CCCN1CCN(C(=O)c2cn3cccc(C)c3n2)[C@H]2CS(=O)(=O)C[C@H]21. The molecule has 8 heteroatoms. The van der Waals surface area contributed by atoms with E-state index in [1.807, 2.05) is 29.7 Å². The van der Waals surface area contributed by atoms with E-state index in [0.717, 1.165) is 24.2 Å². The molecule has 2 atom stereocenters. The van der Waals surface area contributed by atoms with Crippen LogP contribution in [0.3, 0.4) is 0 Å². The molecular weight excluding hydrogens is 352 g/mol. The van der Waals surface area contributed by atoms with Crippen LogP contribution in [-0.2, 0) is 9.84 Å². The van der Waals surface area contributed by atoms with Crippen LogP contribution in [0.5, 0.6) is 0 Å². The number of pyridine rings is 1. The molecule has 0 aromatic carbocycles. The summed E-state index contributed by atoms with van der Waals surface area (Å²) in [6.45, 7) is 6.17. The van der Waals surface area contributed by atoms with Crippen LogP contribution in [0, 0.1) is 6.92 Å². The molecule has 0 radical (unpaired) electrons. The lowest BCUT2D eigenvalue weighted by molar-refractivity contribution is 0.0329. The number of rotatable bonds is 3. The maximum absolute atomic E-state index is 13.1. The Kier molecular flexibility index (Phi) is 4.27. The average molecular weight is 376 g/mol. The number of nitrogens with zero attached hydrogens (tertiary/aromatic N) is 4. The van der Waals surface area contributed by atoms with Crippen LogP contribution < -0.4 is 0 Å². The number of aryl methyl sites for hydroxylation is 1. The van der Waals surface area contributed by atoms with Crippen LogP contribution >= 0.6 is 0 Å². The number of carbonyl (C=O) groups excluding carboxylic acids is 1. The number of hydrogen-bond acceptors (Lipinski definition) is 5. The predicted molar refractivity (Wildman–Crippen MR) is 99.1 cm³/mol. The van der Waals surface area contributed by atoms with Crippen LogP contribution in [-0.4, -0.2) is 76.7 Å². The summed E-state index contributed by atoms with van der Waals surface area (Å²) in [6, 6.07) is 3.50. The molecule has 0 saturated carbocycles. The second-order valence-electron chi connectivity index (χ2n) is 7.29. The number of carbonyl (C=O) groups is 1. The zero-order chi connectivity index (χ0) is 18.5. The molecule has 0 unspecified atom stereocenters. The molecule has 26 heavy (non-hydrogen) atoms. The lowest BCUT2D eigenvalue weighted by Gasteiger charge is -2.43. The summed E-state index contributed by atoms with van der Waals surface area (Å²) in [5.41, 5.74) is 2.14. The molecule has 2 aliphatic heterocycles. The number of imidazole rings is 1. The molecule has 1 amide bonds. The monoisotopic (exact) mass is 376 g/mol. The summed E-state index contributed by atoms with van der Waals surface area (Å²) in [7, 11) is -3.12. The Balaban J connectivity index is 1.66. The van der Waals surface area contributed by atoms with Crippen LogP contribution in [0.25, 0.3) is 5.65 Å². The Labute approximate surface area is 153 Å². The molecule has 0 aliphatic carbocycles. The van der Waals surface area contributed by atoms with Crippen molar-refractivity contribution < 1.29 is 13.2 Å². The minimum Gasteiger partial charge on any atom is -0.330 e. The number of fused-ring (bicyclic) bond motifs is 2. The van der Waals surface area contributed by atoms with E-state index in [1.54, 1.807) is 11.1 Å².